The van der Waals surface area contributed by atoms with Crippen LogP contribution in [0, 0.1) is 13.8 Å². The molecule has 7 heteroatoms. The van der Waals surface area contributed by atoms with Gasteiger partial charge in [-0.3, -0.25) is 4.79 Å². The fourth-order valence-electron chi connectivity index (χ4n) is 4.27. The summed E-state index contributed by atoms with van der Waals surface area (Å²) >= 11 is 6.27. The van der Waals surface area contributed by atoms with Gasteiger partial charge in [-0.05, 0) is 50.1 Å². The second-order valence-corrected chi connectivity index (χ2v) is 8.70. The van der Waals surface area contributed by atoms with Gasteiger partial charge in [-0.2, -0.15) is 0 Å². The maximum absolute atomic E-state index is 13.1. The highest BCUT2D eigenvalue weighted by Gasteiger charge is 2.24. The molecule has 6 nitrogen and oxygen atoms in total. The van der Waals surface area contributed by atoms with Crippen LogP contribution in [-0.4, -0.2) is 54.1 Å². The minimum atomic E-state index is -0.0176. The van der Waals surface area contributed by atoms with E-state index in [4.69, 9.17) is 21.3 Å². The van der Waals surface area contributed by atoms with E-state index in [1.165, 1.54) is 5.56 Å². The van der Waals surface area contributed by atoms with E-state index in [-0.39, 0.29) is 5.91 Å². The lowest BCUT2D eigenvalue weighted by Crippen LogP contribution is -2.36. The van der Waals surface area contributed by atoms with E-state index in [2.05, 4.69) is 22.0 Å². The van der Waals surface area contributed by atoms with E-state index in [1.807, 2.05) is 43.0 Å². The zero-order valence-electron chi connectivity index (χ0n) is 19.3. The topological polar surface area (TPSA) is 58.6 Å². The summed E-state index contributed by atoms with van der Waals surface area (Å²) in [7, 11) is 1.67. The SMILES string of the molecule is COc1ccc(Cc2c(C)nc(C)nc2N2CCCN(C(=O)c3ccccc3Cl)CC2)cc1. The van der Waals surface area contributed by atoms with Crippen LogP contribution in [0.1, 0.15) is 39.4 Å². The number of ether oxygens (including phenoxy) is 1. The van der Waals surface area contributed by atoms with Crippen molar-refractivity contribution in [2.24, 2.45) is 0 Å². The molecule has 2 aromatic carbocycles. The largest absolute Gasteiger partial charge is 0.497 e. The molecule has 2 heterocycles. The molecule has 0 bridgehead atoms. The van der Waals surface area contributed by atoms with Crippen LogP contribution in [0.15, 0.2) is 48.5 Å². The van der Waals surface area contributed by atoms with Gasteiger partial charge in [0.25, 0.3) is 5.91 Å². The third kappa shape index (κ3) is 5.28. The lowest BCUT2D eigenvalue weighted by molar-refractivity contribution is 0.0767. The first-order valence-electron chi connectivity index (χ1n) is 11.2. The Balaban J connectivity index is 1.56. The molecule has 0 saturated carbocycles. The molecule has 1 aromatic heterocycles. The number of halogens is 1. The Bertz CT molecular complexity index is 1130. The number of aryl methyl sites for hydroxylation is 2. The van der Waals surface area contributed by atoms with Crippen molar-refractivity contribution in [2.45, 2.75) is 26.7 Å². The van der Waals surface area contributed by atoms with Crippen LogP contribution < -0.4 is 9.64 Å². The number of hydrogen-bond acceptors (Lipinski definition) is 5. The number of carbonyl (C=O) groups excluding carboxylic acids is 1. The van der Waals surface area contributed by atoms with Gasteiger partial charge in [0.1, 0.15) is 17.4 Å². The molecule has 0 spiro atoms. The summed E-state index contributed by atoms with van der Waals surface area (Å²) in [4.78, 5) is 26.7. The van der Waals surface area contributed by atoms with E-state index in [0.29, 0.717) is 30.2 Å². The second kappa shape index (κ2) is 10.2. The monoisotopic (exact) mass is 464 g/mol. The highest BCUT2D eigenvalue weighted by atomic mass is 35.5. The summed E-state index contributed by atoms with van der Waals surface area (Å²) in [6.07, 6.45) is 1.60. The van der Waals surface area contributed by atoms with E-state index in [1.54, 1.807) is 19.2 Å². The zero-order chi connectivity index (χ0) is 23.4. The number of amides is 1. The van der Waals surface area contributed by atoms with Crippen molar-refractivity contribution >= 4 is 23.3 Å². The average molecular weight is 465 g/mol. The van der Waals surface area contributed by atoms with Gasteiger partial charge in [0.15, 0.2) is 0 Å². The Labute approximate surface area is 200 Å². The molecule has 1 aliphatic heterocycles. The molecular formula is C26H29ClN4O2. The maximum atomic E-state index is 13.1. The van der Waals surface area contributed by atoms with Crippen LogP contribution in [0.2, 0.25) is 5.02 Å². The number of hydrogen-bond donors (Lipinski definition) is 0. The Morgan fingerprint density at radius 1 is 1.00 bits per heavy atom. The molecule has 0 N–H and O–H groups in total. The summed E-state index contributed by atoms with van der Waals surface area (Å²) < 4.78 is 5.29. The molecule has 0 unspecified atom stereocenters. The van der Waals surface area contributed by atoms with E-state index in [9.17, 15) is 4.79 Å². The third-order valence-corrected chi connectivity index (χ3v) is 6.36. The van der Waals surface area contributed by atoms with Crippen molar-refractivity contribution in [1.82, 2.24) is 14.9 Å². The lowest BCUT2D eigenvalue weighted by Gasteiger charge is -2.26. The van der Waals surface area contributed by atoms with E-state index in [0.717, 1.165) is 48.0 Å². The first-order chi connectivity index (χ1) is 16.0. The standard InChI is InChI=1S/C26H29ClN4O2/c1-18-23(17-20-9-11-21(33-3)12-10-20)25(29-19(2)28-18)30-13-6-14-31(16-15-30)26(32)22-7-4-5-8-24(22)27/h4-5,7-12H,6,13-17H2,1-3H3. The van der Waals surface area contributed by atoms with Gasteiger partial charge in [0.2, 0.25) is 0 Å². The van der Waals surface area contributed by atoms with Gasteiger partial charge in [-0.1, -0.05) is 35.9 Å². The van der Waals surface area contributed by atoms with Gasteiger partial charge < -0.3 is 14.5 Å². The molecule has 1 saturated heterocycles. The molecular weight excluding hydrogens is 436 g/mol. The number of aromatic nitrogens is 2. The molecule has 172 valence electrons. The minimum absolute atomic E-state index is 0.0176. The predicted octanol–water partition coefficient (Wildman–Crippen LogP) is 4.70. The van der Waals surface area contributed by atoms with Crippen molar-refractivity contribution in [1.29, 1.82) is 0 Å². The van der Waals surface area contributed by atoms with Crippen LogP contribution in [0.5, 0.6) is 5.75 Å². The highest BCUT2D eigenvalue weighted by molar-refractivity contribution is 6.33. The Kier molecular flexibility index (Phi) is 7.14. The van der Waals surface area contributed by atoms with Crippen molar-refractivity contribution in [3.8, 4) is 5.75 Å². The summed E-state index contributed by atoms with van der Waals surface area (Å²) in [5, 5.41) is 0.493. The molecule has 33 heavy (non-hydrogen) atoms. The van der Waals surface area contributed by atoms with Gasteiger partial charge in [-0.25, -0.2) is 9.97 Å². The first kappa shape index (κ1) is 23.1. The lowest BCUT2D eigenvalue weighted by atomic mass is 10.0. The molecule has 4 rings (SSSR count). The maximum Gasteiger partial charge on any atom is 0.255 e. The smallest absolute Gasteiger partial charge is 0.255 e. The molecule has 0 atom stereocenters. The van der Waals surface area contributed by atoms with Crippen LogP contribution in [-0.2, 0) is 6.42 Å². The number of methoxy groups -OCH3 is 1. The molecule has 0 radical (unpaired) electrons. The Morgan fingerprint density at radius 3 is 2.48 bits per heavy atom. The van der Waals surface area contributed by atoms with Crippen LogP contribution in [0.25, 0.3) is 0 Å². The van der Waals surface area contributed by atoms with Gasteiger partial charge in [0, 0.05) is 43.9 Å². The summed E-state index contributed by atoms with van der Waals surface area (Å²) in [6, 6.07) is 15.3. The number of rotatable bonds is 5. The van der Waals surface area contributed by atoms with Crippen LogP contribution in [0.4, 0.5) is 5.82 Å². The average Bonchev–Trinajstić information content (AvgIpc) is 3.07. The predicted molar refractivity (Wildman–Crippen MR) is 131 cm³/mol. The van der Waals surface area contributed by atoms with Gasteiger partial charge >= 0.3 is 0 Å². The Hall–Kier alpha value is -3.12. The third-order valence-electron chi connectivity index (χ3n) is 6.03. The molecule has 3 aromatic rings. The molecule has 1 aliphatic rings. The summed E-state index contributed by atoms with van der Waals surface area (Å²) in [5.41, 5.74) is 3.85. The first-order valence-corrected chi connectivity index (χ1v) is 11.6. The van der Waals surface area contributed by atoms with Crippen molar-refractivity contribution < 1.29 is 9.53 Å². The zero-order valence-corrected chi connectivity index (χ0v) is 20.1. The van der Waals surface area contributed by atoms with Gasteiger partial charge in [-0.15, -0.1) is 0 Å². The minimum Gasteiger partial charge on any atom is -0.497 e. The fourth-order valence-corrected chi connectivity index (χ4v) is 4.49. The quantitative estimate of drug-likeness (QED) is 0.547. The summed E-state index contributed by atoms with van der Waals surface area (Å²) in [6.45, 7) is 6.83. The number of nitrogens with zero attached hydrogens (tertiary/aromatic N) is 4. The number of anilines is 1. The number of carbonyl (C=O) groups is 1. The normalized spacial score (nSPS) is 14.2. The molecule has 1 fully saturated rings. The van der Waals surface area contributed by atoms with Crippen molar-refractivity contribution in [2.75, 3.05) is 38.2 Å². The van der Waals surface area contributed by atoms with Crippen molar-refractivity contribution in [3.63, 3.8) is 0 Å². The molecule has 1 amide bonds. The van der Waals surface area contributed by atoms with E-state index >= 15 is 0 Å². The van der Waals surface area contributed by atoms with Gasteiger partial charge in [0.05, 0.1) is 17.7 Å². The molecule has 0 aliphatic carbocycles. The van der Waals surface area contributed by atoms with Crippen LogP contribution in [0.3, 0.4) is 0 Å². The van der Waals surface area contributed by atoms with Crippen molar-refractivity contribution in [3.05, 3.63) is 81.8 Å². The Morgan fingerprint density at radius 2 is 1.76 bits per heavy atom. The number of benzene rings is 2. The summed E-state index contributed by atoms with van der Waals surface area (Å²) in [5.74, 6) is 2.54. The van der Waals surface area contributed by atoms with Crippen LogP contribution >= 0.6 is 11.6 Å². The fraction of sp³-hybridized carbons (Fsp3) is 0.346. The highest BCUT2D eigenvalue weighted by Crippen LogP contribution is 2.26. The second-order valence-electron chi connectivity index (χ2n) is 8.30. The van der Waals surface area contributed by atoms with E-state index < -0.39 is 0 Å².